The maximum absolute atomic E-state index is 6.13. The van der Waals surface area contributed by atoms with Gasteiger partial charge in [-0.15, -0.1) is 0 Å². The van der Waals surface area contributed by atoms with Gasteiger partial charge in [-0.3, -0.25) is 4.68 Å². The number of rotatable bonds is 6. The van der Waals surface area contributed by atoms with Crippen molar-refractivity contribution in [3.63, 3.8) is 0 Å². The Kier molecular flexibility index (Phi) is 5.03. The molecule has 0 fully saturated rings. The molecule has 118 valence electrons. The lowest BCUT2D eigenvalue weighted by molar-refractivity contribution is 0.346. The Hall–Kier alpha value is -2.20. The second-order valence-electron chi connectivity index (χ2n) is 5.22. The van der Waals surface area contributed by atoms with Gasteiger partial charge in [0.15, 0.2) is 5.75 Å². The molecular formula is C19H20N2OS. The number of nitrogens with zero attached hydrogens (tertiary/aromatic N) is 2. The summed E-state index contributed by atoms with van der Waals surface area (Å²) in [7, 11) is 1.97. The number of thioether (sulfide) groups is 1. The van der Waals surface area contributed by atoms with E-state index in [1.165, 1.54) is 0 Å². The molecule has 0 unspecified atom stereocenters. The standard InChI is InChI=1S/C19H20N2OS/c1-21-18(16-11-7-4-8-12-16)19(22-13-14-23-2)17(20-21)15-9-5-3-6-10-15/h3-12H,13-14H2,1-2H3. The van der Waals surface area contributed by atoms with E-state index in [9.17, 15) is 0 Å². The molecule has 0 saturated carbocycles. The van der Waals surface area contributed by atoms with Crippen molar-refractivity contribution in [2.24, 2.45) is 7.05 Å². The Morgan fingerprint density at radius 1 is 0.957 bits per heavy atom. The summed E-state index contributed by atoms with van der Waals surface area (Å²) in [5, 5.41) is 4.72. The van der Waals surface area contributed by atoms with E-state index in [1.54, 1.807) is 11.8 Å². The van der Waals surface area contributed by atoms with Gasteiger partial charge in [-0.1, -0.05) is 60.7 Å². The molecule has 0 spiro atoms. The van der Waals surface area contributed by atoms with E-state index in [-0.39, 0.29) is 0 Å². The van der Waals surface area contributed by atoms with Crippen molar-refractivity contribution in [2.45, 2.75) is 0 Å². The predicted molar refractivity (Wildman–Crippen MR) is 98.0 cm³/mol. The van der Waals surface area contributed by atoms with Crippen LogP contribution < -0.4 is 4.74 Å². The van der Waals surface area contributed by atoms with Crippen molar-refractivity contribution >= 4 is 11.8 Å². The Balaban J connectivity index is 2.10. The molecule has 2 aromatic carbocycles. The van der Waals surface area contributed by atoms with Crippen LogP contribution in [0.4, 0.5) is 0 Å². The van der Waals surface area contributed by atoms with Gasteiger partial charge in [0.05, 0.1) is 6.61 Å². The summed E-state index contributed by atoms with van der Waals surface area (Å²) in [6.45, 7) is 0.673. The smallest absolute Gasteiger partial charge is 0.173 e. The minimum atomic E-state index is 0.673. The summed E-state index contributed by atoms with van der Waals surface area (Å²) in [6.07, 6.45) is 2.09. The molecule has 23 heavy (non-hydrogen) atoms. The van der Waals surface area contributed by atoms with Crippen molar-refractivity contribution in [3.8, 4) is 28.3 Å². The second-order valence-corrected chi connectivity index (χ2v) is 6.21. The van der Waals surface area contributed by atoms with Crippen molar-refractivity contribution in [2.75, 3.05) is 18.6 Å². The van der Waals surface area contributed by atoms with Crippen LogP contribution in [0.2, 0.25) is 0 Å². The third kappa shape index (κ3) is 3.42. The summed E-state index contributed by atoms with van der Waals surface area (Å²) < 4.78 is 8.04. The number of ether oxygens (including phenoxy) is 1. The summed E-state index contributed by atoms with van der Waals surface area (Å²) in [5.41, 5.74) is 4.10. The van der Waals surface area contributed by atoms with Crippen LogP contribution in [0.5, 0.6) is 5.75 Å². The van der Waals surface area contributed by atoms with Gasteiger partial charge in [0.25, 0.3) is 0 Å². The van der Waals surface area contributed by atoms with E-state index in [0.717, 1.165) is 34.0 Å². The maximum Gasteiger partial charge on any atom is 0.173 e. The normalized spacial score (nSPS) is 10.7. The van der Waals surface area contributed by atoms with Crippen LogP contribution in [0.15, 0.2) is 60.7 Å². The van der Waals surface area contributed by atoms with Gasteiger partial charge >= 0.3 is 0 Å². The minimum absolute atomic E-state index is 0.673. The molecule has 0 radical (unpaired) electrons. The second kappa shape index (κ2) is 7.38. The Morgan fingerprint density at radius 2 is 1.57 bits per heavy atom. The van der Waals surface area contributed by atoms with Crippen LogP contribution in [0.1, 0.15) is 0 Å². The lowest BCUT2D eigenvalue weighted by atomic mass is 10.1. The molecular weight excluding hydrogens is 304 g/mol. The van der Waals surface area contributed by atoms with Crippen LogP contribution in [-0.2, 0) is 7.05 Å². The first-order valence-corrected chi connectivity index (χ1v) is 9.00. The molecule has 0 atom stereocenters. The SMILES string of the molecule is CSCCOc1c(-c2ccccc2)nn(C)c1-c1ccccc1. The summed E-state index contributed by atoms with van der Waals surface area (Å²) in [6, 6.07) is 20.5. The largest absolute Gasteiger partial charge is 0.488 e. The molecule has 0 aliphatic rings. The minimum Gasteiger partial charge on any atom is -0.488 e. The first-order valence-electron chi connectivity index (χ1n) is 7.61. The molecule has 3 aromatic rings. The van der Waals surface area contributed by atoms with Crippen LogP contribution in [0, 0.1) is 0 Å². The highest BCUT2D eigenvalue weighted by Gasteiger charge is 2.20. The summed E-state index contributed by atoms with van der Waals surface area (Å²) in [5.74, 6) is 1.82. The number of hydrogen-bond donors (Lipinski definition) is 0. The molecule has 1 heterocycles. The molecule has 0 saturated heterocycles. The quantitative estimate of drug-likeness (QED) is 0.625. The molecule has 4 heteroatoms. The molecule has 1 aromatic heterocycles. The van der Waals surface area contributed by atoms with Crippen molar-refractivity contribution in [3.05, 3.63) is 60.7 Å². The zero-order valence-corrected chi connectivity index (χ0v) is 14.2. The van der Waals surface area contributed by atoms with Crippen molar-refractivity contribution < 1.29 is 4.74 Å². The lowest BCUT2D eigenvalue weighted by Crippen LogP contribution is -2.02. The third-order valence-corrected chi connectivity index (χ3v) is 4.21. The Bertz CT molecular complexity index is 754. The zero-order chi connectivity index (χ0) is 16.1. The molecule has 3 nitrogen and oxygen atoms in total. The summed E-state index contributed by atoms with van der Waals surface area (Å²) >= 11 is 1.78. The topological polar surface area (TPSA) is 27.1 Å². The highest BCUT2D eigenvalue weighted by Crippen LogP contribution is 2.38. The van der Waals surface area contributed by atoms with Crippen LogP contribution in [-0.4, -0.2) is 28.4 Å². The lowest BCUT2D eigenvalue weighted by Gasteiger charge is -2.09. The molecule has 3 rings (SSSR count). The maximum atomic E-state index is 6.13. The van der Waals surface area contributed by atoms with Gasteiger partial charge in [-0.2, -0.15) is 16.9 Å². The van der Waals surface area contributed by atoms with E-state index in [1.807, 2.05) is 48.1 Å². The van der Waals surface area contributed by atoms with Gasteiger partial charge in [-0.25, -0.2) is 0 Å². The number of aromatic nitrogens is 2. The van der Waals surface area contributed by atoms with E-state index < -0.39 is 0 Å². The average Bonchev–Trinajstić information content (AvgIpc) is 2.93. The van der Waals surface area contributed by atoms with E-state index in [0.29, 0.717) is 6.61 Å². The van der Waals surface area contributed by atoms with E-state index >= 15 is 0 Å². The molecule has 0 bridgehead atoms. The first-order chi connectivity index (χ1) is 11.3. The van der Waals surface area contributed by atoms with Crippen LogP contribution >= 0.6 is 11.8 Å². The predicted octanol–water partition coefficient (Wildman–Crippen LogP) is 4.50. The number of aryl methyl sites for hydroxylation is 1. The molecule has 0 aliphatic heterocycles. The number of benzene rings is 2. The van der Waals surface area contributed by atoms with Crippen molar-refractivity contribution in [1.29, 1.82) is 0 Å². The third-order valence-electron chi connectivity index (χ3n) is 3.63. The zero-order valence-electron chi connectivity index (χ0n) is 13.4. The van der Waals surface area contributed by atoms with Gasteiger partial charge in [0.1, 0.15) is 11.4 Å². The highest BCUT2D eigenvalue weighted by molar-refractivity contribution is 7.98. The molecule has 0 aliphatic carbocycles. The van der Waals surface area contributed by atoms with E-state index in [4.69, 9.17) is 9.84 Å². The van der Waals surface area contributed by atoms with Gasteiger partial charge in [0.2, 0.25) is 0 Å². The fourth-order valence-corrected chi connectivity index (χ4v) is 2.82. The Morgan fingerprint density at radius 3 is 2.17 bits per heavy atom. The molecule has 0 amide bonds. The fraction of sp³-hybridized carbons (Fsp3) is 0.211. The number of hydrogen-bond acceptors (Lipinski definition) is 3. The average molecular weight is 324 g/mol. The van der Waals surface area contributed by atoms with E-state index in [2.05, 4.69) is 30.5 Å². The highest BCUT2D eigenvalue weighted by atomic mass is 32.2. The van der Waals surface area contributed by atoms with Gasteiger partial charge in [-0.05, 0) is 6.26 Å². The fourth-order valence-electron chi connectivity index (χ4n) is 2.57. The van der Waals surface area contributed by atoms with Gasteiger partial charge < -0.3 is 4.74 Å². The first kappa shape index (κ1) is 15.7. The monoisotopic (exact) mass is 324 g/mol. The Labute approximate surface area is 141 Å². The van der Waals surface area contributed by atoms with Gasteiger partial charge in [0, 0.05) is 23.9 Å². The summed E-state index contributed by atoms with van der Waals surface area (Å²) in [4.78, 5) is 0. The van der Waals surface area contributed by atoms with Crippen molar-refractivity contribution in [1.82, 2.24) is 9.78 Å². The van der Waals surface area contributed by atoms with Crippen LogP contribution in [0.25, 0.3) is 22.5 Å². The van der Waals surface area contributed by atoms with Crippen LogP contribution in [0.3, 0.4) is 0 Å². The molecule has 0 N–H and O–H groups in total.